The van der Waals surface area contributed by atoms with Gasteiger partial charge in [-0.15, -0.1) is 0 Å². The highest BCUT2D eigenvalue weighted by Gasteiger charge is 2.31. The zero-order chi connectivity index (χ0) is 29.9. The molecule has 0 saturated heterocycles. The van der Waals surface area contributed by atoms with Crippen LogP contribution in [-0.4, -0.2) is 17.7 Å². The Morgan fingerprint density at radius 3 is 2.21 bits per heavy atom. The van der Waals surface area contributed by atoms with E-state index < -0.39 is 0 Å². The van der Waals surface area contributed by atoms with Crippen molar-refractivity contribution in [1.29, 1.82) is 0 Å². The molecule has 2 fully saturated rings. The minimum absolute atomic E-state index is 0.0177. The van der Waals surface area contributed by atoms with Crippen molar-refractivity contribution in [3.63, 3.8) is 0 Å². The van der Waals surface area contributed by atoms with Crippen molar-refractivity contribution in [3.05, 3.63) is 70.8 Å². The first kappa shape index (κ1) is 32.5. The third kappa shape index (κ3) is 8.82. The number of hydrogen-bond acceptors (Lipinski definition) is 3. The Morgan fingerprint density at radius 1 is 0.857 bits per heavy atom. The Balaban J connectivity index is 1.34. The standard InChI is InChI=1S/C39H56O3/c1-5-7-8-10-29-12-14-31(15-13-29)32-16-18-33(19-17-32)35-22-23-38(30(6-2)25-35)36-20-21-37(27-40)34(26-36)11-9-24-42-39(41)28(3)4/h20-23,25-26,29,31-33,40H,3,5-19,24,27H2,1-2,4H3. The van der Waals surface area contributed by atoms with Crippen molar-refractivity contribution >= 4 is 5.97 Å². The second kappa shape index (κ2) is 16.5. The van der Waals surface area contributed by atoms with Crippen molar-refractivity contribution in [1.82, 2.24) is 0 Å². The molecule has 0 aliphatic heterocycles. The van der Waals surface area contributed by atoms with Gasteiger partial charge in [0.15, 0.2) is 0 Å². The van der Waals surface area contributed by atoms with Gasteiger partial charge in [0.2, 0.25) is 0 Å². The molecule has 0 spiro atoms. The molecule has 0 aromatic heterocycles. The van der Waals surface area contributed by atoms with Gasteiger partial charge in [-0.3, -0.25) is 0 Å². The second-order valence-corrected chi connectivity index (χ2v) is 13.3. The fourth-order valence-electron chi connectivity index (χ4n) is 7.73. The lowest BCUT2D eigenvalue weighted by Gasteiger charge is -2.38. The van der Waals surface area contributed by atoms with Crippen LogP contribution in [0.5, 0.6) is 0 Å². The monoisotopic (exact) mass is 572 g/mol. The zero-order valence-electron chi connectivity index (χ0n) is 26.8. The maximum absolute atomic E-state index is 11.7. The van der Waals surface area contributed by atoms with Crippen LogP contribution in [0.2, 0.25) is 0 Å². The Labute approximate surface area is 256 Å². The summed E-state index contributed by atoms with van der Waals surface area (Å²) in [5.74, 6) is 3.30. The van der Waals surface area contributed by atoms with E-state index in [-0.39, 0.29) is 12.6 Å². The summed E-state index contributed by atoms with van der Waals surface area (Å²) in [5, 5.41) is 9.93. The SMILES string of the molecule is C=C(C)C(=O)OCCCc1cc(-c2ccc(C3CCC(C4CCC(CCCCC)CC4)CC3)cc2CC)ccc1CO. The molecule has 0 bridgehead atoms. The molecular weight excluding hydrogens is 516 g/mol. The summed E-state index contributed by atoms with van der Waals surface area (Å²) in [6.45, 7) is 10.3. The van der Waals surface area contributed by atoms with Crippen LogP contribution in [0.4, 0.5) is 0 Å². The number of aliphatic hydroxyl groups excluding tert-OH is 1. The predicted molar refractivity (Wildman–Crippen MR) is 176 cm³/mol. The zero-order valence-corrected chi connectivity index (χ0v) is 26.8. The van der Waals surface area contributed by atoms with Crippen molar-refractivity contribution < 1.29 is 14.6 Å². The molecule has 3 nitrogen and oxygen atoms in total. The summed E-state index contributed by atoms with van der Waals surface area (Å²) >= 11 is 0. The molecule has 2 aliphatic carbocycles. The van der Waals surface area contributed by atoms with Gasteiger partial charge in [-0.05, 0) is 122 Å². The van der Waals surface area contributed by atoms with Gasteiger partial charge < -0.3 is 9.84 Å². The quantitative estimate of drug-likeness (QED) is 0.139. The molecule has 0 heterocycles. The summed E-state index contributed by atoms with van der Waals surface area (Å²) in [7, 11) is 0. The van der Waals surface area contributed by atoms with Gasteiger partial charge in [0.1, 0.15) is 0 Å². The Morgan fingerprint density at radius 2 is 1.57 bits per heavy atom. The lowest BCUT2D eigenvalue weighted by molar-refractivity contribution is -0.139. The summed E-state index contributed by atoms with van der Waals surface area (Å²) in [6.07, 6.45) is 19.6. The average Bonchev–Trinajstić information content (AvgIpc) is 3.03. The van der Waals surface area contributed by atoms with Crippen LogP contribution in [0.3, 0.4) is 0 Å². The summed E-state index contributed by atoms with van der Waals surface area (Å²) in [5.41, 5.74) is 7.94. The van der Waals surface area contributed by atoms with Crippen LogP contribution in [-0.2, 0) is 29.0 Å². The molecule has 2 aromatic rings. The molecule has 0 radical (unpaired) electrons. The Bertz CT molecular complexity index is 1150. The van der Waals surface area contributed by atoms with Gasteiger partial charge in [0.25, 0.3) is 0 Å². The number of ether oxygens (including phenoxy) is 1. The van der Waals surface area contributed by atoms with E-state index in [1.54, 1.807) is 6.92 Å². The van der Waals surface area contributed by atoms with E-state index >= 15 is 0 Å². The number of benzene rings is 2. The highest BCUT2D eigenvalue weighted by molar-refractivity contribution is 5.86. The van der Waals surface area contributed by atoms with Crippen LogP contribution in [0.25, 0.3) is 11.1 Å². The summed E-state index contributed by atoms with van der Waals surface area (Å²) < 4.78 is 5.28. The predicted octanol–water partition coefficient (Wildman–Crippen LogP) is 10.1. The number of rotatable bonds is 14. The number of hydrogen-bond donors (Lipinski definition) is 1. The minimum Gasteiger partial charge on any atom is -0.462 e. The van der Waals surface area contributed by atoms with Crippen LogP contribution >= 0.6 is 0 Å². The van der Waals surface area contributed by atoms with Crippen LogP contribution in [0.15, 0.2) is 48.6 Å². The van der Waals surface area contributed by atoms with Crippen molar-refractivity contribution in [2.24, 2.45) is 17.8 Å². The molecule has 42 heavy (non-hydrogen) atoms. The molecule has 0 atom stereocenters. The molecule has 2 aliphatic rings. The second-order valence-electron chi connectivity index (χ2n) is 13.3. The van der Waals surface area contributed by atoms with E-state index in [1.807, 2.05) is 0 Å². The average molecular weight is 573 g/mol. The van der Waals surface area contributed by atoms with Gasteiger partial charge in [-0.1, -0.05) is 95.3 Å². The normalized spacial score (nSPS) is 22.6. The lowest BCUT2D eigenvalue weighted by atomic mass is 9.68. The number of carbonyl (C=O) groups is 1. The highest BCUT2D eigenvalue weighted by Crippen LogP contribution is 2.45. The first-order valence-corrected chi connectivity index (χ1v) is 17.1. The van der Waals surface area contributed by atoms with Crippen LogP contribution < -0.4 is 0 Å². The number of esters is 1. The fourth-order valence-corrected chi connectivity index (χ4v) is 7.73. The van der Waals surface area contributed by atoms with Crippen molar-refractivity contribution in [2.75, 3.05) is 6.61 Å². The number of aliphatic hydroxyl groups is 1. The molecule has 4 rings (SSSR count). The van der Waals surface area contributed by atoms with Gasteiger partial charge in [0.05, 0.1) is 13.2 Å². The topological polar surface area (TPSA) is 46.5 Å². The number of carbonyl (C=O) groups excluding carboxylic acids is 1. The molecule has 0 unspecified atom stereocenters. The largest absolute Gasteiger partial charge is 0.462 e. The maximum atomic E-state index is 11.7. The van der Waals surface area contributed by atoms with Gasteiger partial charge >= 0.3 is 5.97 Å². The molecule has 230 valence electrons. The summed E-state index contributed by atoms with van der Waals surface area (Å²) in [4.78, 5) is 11.7. The van der Waals surface area contributed by atoms with Crippen LogP contribution in [0, 0.1) is 17.8 Å². The highest BCUT2D eigenvalue weighted by atomic mass is 16.5. The first-order chi connectivity index (χ1) is 20.4. The van der Waals surface area contributed by atoms with E-state index in [0.717, 1.165) is 48.1 Å². The molecule has 2 aromatic carbocycles. The number of unbranched alkanes of at least 4 members (excludes halogenated alkanes) is 2. The molecule has 1 N–H and O–H groups in total. The smallest absolute Gasteiger partial charge is 0.333 e. The van der Waals surface area contributed by atoms with Gasteiger partial charge in [-0.2, -0.15) is 0 Å². The third-order valence-corrected chi connectivity index (χ3v) is 10.4. The fraction of sp³-hybridized carbons (Fsp3) is 0.615. The van der Waals surface area contributed by atoms with E-state index in [9.17, 15) is 9.90 Å². The molecular formula is C39H56O3. The van der Waals surface area contributed by atoms with E-state index in [0.29, 0.717) is 18.1 Å². The van der Waals surface area contributed by atoms with Gasteiger partial charge in [0, 0.05) is 5.57 Å². The Kier molecular flexibility index (Phi) is 12.7. The number of aryl methyl sites for hydroxylation is 2. The van der Waals surface area contributed by atoms with Gasteiger partial charge in [-0.25, -0.2) is 4.79 Å². The molecule has 3 heteroatoms. The molecule has 2 saturated carbocycles. The van der Waals surface area contributed by atoms with E-state index in [1.165, 1.54) is 99.3 Å². The molecule has 0 amide bonds. The van der Waals surface area contributed by atoms with E-state index in [4.69, 9.17) is 4.74 Å². The maximum Gasteiger partial charge on any atom is 0.333 e. The Hall–Kier alpha value is -2.39. The summed E-state index contributed by atoms with van der Waals surface area (Å²) in [6, 6.07) is 13.6. The van der Waals surface area contributed by atoms with Crippen molar-refractivity contribution in [2.45, 2.75) is 130 Å². The first-order valence-electron chi connectivity index (χ1n) is 17.1. The minimum atomic E-state index is -0.340. The van der Waals surface area contributed by atoms with Crippen molar-refractivity contribution in [3.8, 4) is 11.1 Å². The lowest BCUT2D eigenvalue weighted by Crippen LogP contribution is -2.25. The third-order valence-electron chi connectivity index (χ3n) is 10.4. The van der Waals surface area contributed by atoms with E-state index in [2.05, 4.69) is 56.8 Å². The van der Waals surface area contributed by atoms with Crippen LogP contribution in [0.1, 0.15) is 132 Å².